The molecule has 20 heavy (non-hydrogen) atoms. The molecule has 0 aliphatic heterocycles. The van der Waals surface area contributed by atoms with Crippen LogP contribution < -0.4 is 5.32 Å². The molecule has 0 radical (unpaired) electrons. The molecule has 0 bridgehead atoms. The van der Waals surface area contributed by atoms with Crippen molar-refractivity contribution in [1.82, 2.24) is 5.32 Å². The van der Waals surface area contributed by atoms with Crippen molar-refractivity contribution in [3.63, 3.8) is 0 Å². The number of hydrogen-bond acceptors (Lipinski definition) is 4. The lowest BCUT2D eigenvalue weighted by Crippen LogP contribution is -2.38. The molecule has 5 heteroatoms. The van der Waals surface area contributed by atoms with Crippen molar-refractivity contribution < 1.29 is 10.0 Å². The number of nitro benzene ring substituents is 1. The Morgan fingerprint density at radius 1 is 1.20 bits per heavy atom. The van der Waals surface area contributed by atoms with Gasteiger partial charge in [0.15, 0.2) is 0 Å². The average molecular weight is 278 g/mol. The van der Waals surface area contributed by atoms with Gasteiger partial charge in [-0.15, -0.1) is 0 Å². The Kier molecular flexibility index (Phi) is 5.09. The van der Waals surface area contributed by atoms with E-state index >= 15 is 0 Å². The highest BCUT2D eigenvalue weighted by Gasteiger charge is 2.30. The Bertz CT molecular complexity index is 439. The maximum atomic E-state index is 10.6. The zero-order valence-corrected chi connectivity index (χ0v) is 11.7. The van der Waals surface area contributed by atoms with E-state index in [2.05, 4.69) is 5.32 Å². The van der Waals surface area contributed by atoms with Crippen LogP contribution in [0.1, 0.15) is 37.7 Å². The fraction of sp³-hybridized carbons (Fsp3) is 0.600. The summed E-state index contributed by atoms with van der Waals surface area (Å²) in [6, 6.07) is 6.61. The first-order valence-electron chi connectivity index (χ1n) is 7.20. The van der Waals surface area contributed by atoms with Crippen LogP contribution in [0.25, 0.3) is 0 Å². The monoisotopic (exact) mass is 278 g/mol. The molecule has 0 saturated heterocycles. The number of nitrogens with zero attached hydrogens (tertiary/aromatic N) is 1. The summed E-state index contributed by atoms with van der Waals surface area (Å²) in [5, 5.41) is 23.6. The van der Waals surface area contributed by atoms with E-state index in [9.17, 15) is 15.2 Å². The molecule has 1 aromatic carbocycles. The molecular weight excluding hydrogens is 256 g/mol. The van der Waals surface area contributed by atoms with E-state index in [1.807, 2.05) is 0 Å². The second kappa shape index (κ2) is 6.81. The van der Waals surface area contributed by atoms with Crippen LogP contribution in [0.15, 0.2) is 24.3 Å². The summed E-state index contributed by atoms with van der Waals surface area (Å²) in [5.41, 5.74) is 1.17. The molecule has 2 rings (SSSR count). The zero-order valence-electron chi connectivity index (χ0n) is 11.7. The van der Waals surface area contributed by atoms with Crippen molar-refractivity contribution >= 4 is 5.69 Å². The predicted molar refractivity (Wildman–Crippen MR) is 77.4 cm³/mol. The Balaban J connectivity index is 1.84. The van der Waals surface area contributed by atoms with Crippen molar-refractivity contribution in [3.8, 4) is 0 Å². The number of aliphatic hydroxyl groups is 1. The molecular formula is C15H22N2O3. The van der Waals surface area contributed by atoms with Crippen LogP contribution in [0.3, 0.4) is 0 Å². The number of aliphatic hydroxyl groups excluding tert-OH is 1. The van der Waals surface area contributed by atoms with Gasteiger partial charge in [0, 0.05) is 37.2 Å². The molecule has 0 atom stereocenters. The molecule has 0 aromatic heterocycles. The van der Waals surface area contributed by atoms with Crippen LogP contribution >= 0.6 is 0 Å². The minimum Gasteiger partial charge on any atom is -0.396 e. The summed E-state index contributed by atoms with van der Waals surface area (Å²) >= 11 is 0. The van der Waals surface area contributed by atoms with Crippen LogP contribution in [0.5, 0.6) is 0 Å². The van der Waals surface area contributed by atoms with Crippen LogP contribution in [0.2, 0.25) is 0 Å². The fourth-order valence-electron chi connectivity index (χ4n) is 2.90. The van der Waals surface area contributed by atoms with Crippen LogP contribution in [-0.4, -0.2) is 23.2 Å². The molecule has 1 aliphatic carbocycles. The lowest BCUT2D eigenvalue weighted by Gasteiger charge is -2.35. The van der Waals surface area contributed by atoms with Crippen molar-refractivity contribution in [1.29, 1.82) is 0 Å². The minimum atomic E-state index is -0.389. The SMILES string of the molecule is O=[N+]([O-])c1ccc(CNCC2(CO)CCCCC2)cc1. The highest BCUT2D eigenvalue weighted by atomic mass is 16.6. The number of nitrogens with one attached hydrogen (secondary N) is 1. The summed E-state index contributed by atoms with van der Waals surface area (Å²) < 4.78 is 0. The van der Waals surface area contributed by atoms with Gasteiger partial charge in [0.25, 0.3) is 5.69 Å². The summed E-state index contributed by atoms with van der Waals surface area (Å²) in [7, 11) is 0. The second-order valence-electron chi connectivity index (χ2n) is 5.75. The number of rotatable bonds is 6. The zero-order chi connectivity index (χ0) is 14.4. The topological polar surface area (TPSA) is 75.4 Å². The van der Waals surface area contributed by atoms with Crippen molar-refractivity contribution in [2.45, 2.75) is 38.6 Å². The third-order valence-corrected chi connectivity index (χ3v) is 4.23. The summed E-state index contributed by atoms with van der Waals surface area (Å²) in [6.07, 6.45) is 5.82. The Morgan fingerprint density at radius 3 is 2.40 bits per heavy atom. The Hall–Kier alpha value is -1.46. The van der Waals surface area contributed by atoms with Gasteiger partial charge in [-0.05, 0) is 18.4 Å². The van der Waals surface area contributed by atoms with Gasteiger partial charge in [0.2, 0.25) is 0 Å². The maximum Gasteiger partial charge on any atom is 0.269 e. The van der Waals surface area contributed by atoms with E-state index in [0.717, 1.165) is 24.9 Å². The maximum absolute atomic E-state index is 10.6. The lowest BCUT2D eigenvalue weighted by molar-refractivity contribution is -0.384. The molecule has 0 heterocycles. The fourth-order valence-corrected chi connectivity index (χ4v) is 2.90. The quantitative estimate of drug-likeness (QED) is 0.619. The number of non-ortho nitro benzene ring substituents is 1. The summed E-state index contributed by atoms with van der Waals surface area (Å²) in [6.45, 7) is 1.72. The first kappa shape index (κ1) is 14.9. The van der Waals surface area contributed by atoms with E-state index in [4.69, 9.17) is 0 Å². The lowest BCUT2D eigenvalue weighted by atomic mass is 9.74. The predicted octanol–water partition coefficient (Wildman–Crippen LogP) is 2.63. The highest BCUT2D eigenvalue weighted by Crippen LogP contribution is 2.35. The van der Waals surface area contributed by atoms with Gasteiger partial charge in [-0.2, -0.15) is 0 Å². The van der Waals surface area contributed by atoms with Crippen molar-refractivity contribution in [2.24, 2.45) is 5.41 Å². The van der Waals surface area contributed by atoms with E-state index < -0.39 is 0 Å². The molecule has 1 saturated carbocycles. The first-order chi connectivity index (χ1) is 9.65. The van der Waals surface area contributed by atoms with Crippen molar-refractivity contribution in [2.75, 3.05) is 13.2 Å². The van der Waals surface area contributed by atoms with E-state index in [1.165, 1.54) is 31.4 Å². The molecule has 5 nitrogen and oxygen atoms in total. The number of nitro groups is 1. The minimum absolute atomic E-state index is 0.0268. The molecule has 1 aliphatic rings. The van der Waals surface area contributed by atoms with Gasteiger partial charge in [-0.3, -0.25) is 10.1 Å². The van der Waals surface area contributed by atoms with Gasteiger partial charge in [-0.25, -0.2) is 0 Å². The standard InChI is InChI=1S/C15H22N2O3/c18-12-15(8-2-1-3-9-15)11-16-10-13-4-6-14(7-5-13)17(19)20/h4-7,16,18H,1-3,8-12H2. The third kappa shape index (κ3) is 3.77. The van der Waals surface area contributed by atoms with Crippen LogP contribution in [0, 0.1) is 15.5 Å². The van der Waals surface area contributed by atoms with Gasteiger partial charge < -0.3 is 10.4 Å². The highest BCUT2D eigenvalue weighted by molar-refractivity contribution is 5.32. The number of benzene rings is 1. The van der Waals surface area contributed by atoms with E-state index in [0.29, 0.717) is 6.54 Å². The molecule has 0 amide bonds. The second-order valence-corrected chi connectivity index (χ2v) is 5.75. The number of hydrogen-bond donors (Lipinski definition) is 2. The van der Waals surface area contributed by atoms with Crippen molar-refractivity contribution in [3.05, 3.63) is 39.9 Å². The van der Waals surface area contributed by atoms with Gasteiger partial charge in [0.05, 0.1) is 4.92 Å². The van der Waals surface area contributed by atoms with Gasteiger partial charge in [0.1, 0.15) is 0 Å². The summed E-state index contributed by atoms with van der Waals surface area (Å²) in [5.74, 6) is 0. The smallest absolute Gasteiger partial charge is 0.269 e. The van der Waals surface area contributed by atoms with Gasteiger partial charge in [-0.1, -0.05) is 31.4 Å². The largest absolute Gasteiger partial charge is 0.396 e. The van der Waals surface area contributed by atoms with Crippen LogP contribution in [-0.2, 0) is 6.54 Å². The first-order valence-corrected chi connectivity index (χ1v) is 7.20. The molecule has 0 spiro atoms. The van der Waals surface area contributed by atoms with Gasteiger partial charge >= 0.3 is 0 Å². The van der Waals surface area contributed by atoms with E-state index in [1.54, 1.807) is 12.1 Å². The molecule has 0 unspecified atom stereocenters. The molecule has 1 fully saturated rings. The Labute approximate surface area is 119 Å². The normalized spacial score (nSPS) is 17.9. The summed E-state index contributed by atoms with van der Waals surface area (Å²) in [4.78, 5) is 10.2. The third-order valence-electron chi connectivity index (χ3n) is 4.23. The van der Waals surface area contributed by atoms with Crippen LogP contribution in [0.4, 0.5) is 5.69 Å². The average Bonchev–Trinajstić information content (AvgIpc) is 2.49. The molecule has 1 aromatic rings. The van der Waals surface area contributed by atoms with E-state index in [-0.39, 0.29) is 22.6 Å². The Morgan fingerprint density at radius 2 is 1.85 bits per heavy atom. The molecule has 2 N–H and O–H groups in total. The molecule has 110 valence electrons.